The molecular formula is C14H18FN3O2. The van der Waals surface area contributed by atoms with Crippen molar-refractivity contribution in [3.8, 4) is 0 Å². The fraction of sp³-hybridized carbons (Fsp3) is 0.429. The summed E-state index contributed by atoms with van der Waals surface area (Å²) in [5, 5.41) is 8.56. The van der Waals surface area contributed by atoms with Crippen LogP contribution in [0.25, 0.3) is 0 Å². The lowest BCUT2D eigenvalue weighted by atomic mass is 10.1. The van der Waals surface area contributed by atoms with Crippen LogP contribution in [-0.2, 0) is 4.79 Å². The normalized spacial score (nSPS) is 15.7. The van der Waals surface area contributed by atoms with Crippen molar-refractivity contribution in [1.82, 2.24) is 10.6 Å². The van der Waals surface area contributed by atoms with Crippen molar-refractivity contribution in [1.29, 1.82) is 0 Å². The zero-order valence-electron chi connectivity index (χ0n) is 11.3. The van der Waals surface area contributed by atoms with Crippen molar-refractivity contribution < 1.29 is 14.0 Å². The number of amides is 2. The quantitative estimate of drug-likeness (QED) is 0.780. The van der Waals surface area contributed by atoms with Crippen molar-refractivity contribution in [2.24, 2.45) is 0 Å². The molecule has 0 aliphatic carbocycles. The van der Waals surface area contributed by atoms with E-state index in [1.54, 1.807) is 0 Å². The van der Waals surface area contributed by atoms with Gasteiger partial charge >= 0.3 is 0 Å². The van der Waals surface area contributed by atoms with Crippen LogP contribution in [0.2, 0.25) is 0 Å². The van der Waals surface area contributed by atoms with Gasteiger partial charge in [-0.15, -0.1) is 0 Å². The Morgan fingerprint density at radius 2 is 2.00 bits per heavy atom. The molecule has 20 heavy (non-hydrogen) atoms. The van der Waals surface area contributed by atoms with Gasteiger partial charge in [0.15, 0.2) is 0 Å². The third-order valence-corrected chi connectivity index (χ3v) is 3.21. The number of carbonyl (C=O) groups excluding carboxylic acids is 2. The van der Waals surface area contributed by atoms with Gasteiger partial charge in [-0.2, -0.15) is 0 Å². The highest BCUT2D eigenvalue weighted by molar-refractivity contribution is 5.97. The third kappa shape index (κ3) is 3.77. The molecule has 0 bridgehead atoms. The number of hydrogen-bond donors (Lipinski definition) is 3. The van der Waals surface area contributed by atoms with Gasteiger partial charge in [-0.25, -0.2) is 4.39 Å². The molecule has 1 saturated heterocycles. The Kier molecular flexibility index (Phi) is 4.68. The molecule has 108 valence electrons. The van der Waals surface area contributed by atoms with E-state index in [0.717, 1.165) is 25.9 Å². The average molecular weight is 279 g/mol. The largest absolute Gasteiger partial charge is 0.349 e. The number of piperidine rings is 1. The number of halogens is 1. The van der Waals surface area contributed by atoms with E-state index < -0.39 is 11.7 Å². The Balaban J connectivity index is 2.09. The minimum Gasteiger partial charge on any atom is -0.349 e. The van der Waals surface area contributed by atoms with Gasteiger partial charge in [0.25, 0.3) is 5.91 Å². The molecule has 1 aromatic carbocycles. The Bertz CT molecular complexity index is 513. The summed E-state index contributed by atoms with van der Waals surface area (Å²) in [4.78, 5) is 23.1. The van der Waals surface area contributed by atoms with E-state index in [-0.39, 0.29) is 17.5 Å². The lowest BCUT2D eigenvalue weighted by Gasteiger charge is -2.23. The second kappa shape index (κ2) is 6.47. The Morgan fingerprint density at radius 1 is 1.30 bits per heavy atom. The Morgan fingerprint density at radius 3 is 2.65 bits per heavy atom. The number of anilines is 1. The summed E-state index contributed by atoms with van der Waals surface area (Å²) in [5.41, 5.74) is 0.365. The van der Waals surface area contributed by atoms with Crippen LogP contribution in [0.5, 0.6) is 0 Å². The van der Waals surface area contributed by atoms with Gasteiger partial charge in [-0.05, 0) is 44.1 Å². The minimum absolute atomic E-state index is 0.0465. The second-order valence-electron chi connectivity index (χ2n) is 4.87. The first kappa shape index (κ1) is 14.5. The maximum absolute atomic E-state index is 13.7. The van der Waals surface area contributed by atoms with Crippen LogP contribution in [0.15, 0.2) is 18.2 Å². The first-order valence-corrected chi connectivity index (χ1v) is 6.65. The Hall–Kier alpha value is -1.95. The van der Waals surface area contributed by atoms with Crippen LogP contribution < -0.4 is 16.0 Å². The lowest BCUT2D eigenvalue weighted by Crippen LogP contribution is -2.42. The smallest absolute Gasteiger partial charge is 0.254 e. The summed E-state index contributed by atoms with van der Waals surface area (Å²) in [5.74, 6) is -1.30. The van der Waals surface area contributed by atoms with E-state index in [9.17, 15) is 14.0 Å². The fourth-order valence-electron chi connectivity index (χ4n) is 2.21. The molecule has 0 unspecified atom stereocenters. The summed E-state index contributed by atoms with van der Waals surface area (Å²) in [7, 11) is 0. The number of nitrogens with one attached hydrogen (secondary N) is 3. The van der Waals surface area contributed by atoms with Crippen LogP contribution in [0.4, 0.5) is 10.1 Å². The van der Waals surface area contributed by atoms with Gasteiger partial charge in [0.05, 0.1) is 5.56 Å². The van der Waals surface area contributed by atoms with Crippen molar-refractivity contribution in [3.63, 3.8) is 0 Å². The van der Waals surface area contributed by atoms with E-state index in [1.165, 1.54) is 25.1 Å². The van der Waals surface area contributed by atoms with E-state index in [0.29, 0.717) is 5.69 Å². The molecule has 2 rings (SSSR count). The van der Waals surface area contributed by atoms with Crippen molar-refractivity contribution >= 4 is 17.5 Å². The van der Waals surface area contributed by atoms with E-state index in [1.807, 2.05) is 0 Å². The molecule has 1 fully saturated rings. The summed E-state index contributed by atoms with van der Waals surface area (Å²) in [6, 6.07) is 4.03. The monoisotopic (exact) mass is 279 g/mol. The minimum atomic E-state index is -0.592. The molecule has 2 amide bonds. The molecule has 1 aromatic rings. The lowest BCUT2D eigenvalue weighted by molar-refractivity contribution is -0.114. The van der Waals surface area contributed by atoms with Crippen molar-refractivity contribution in [3.05, 3.63) is 29.6 Å². The number of benzene rings is 1. The van der Waals surface area contributed by atoms with E-state index in [4.69, 9.17) is 0 Å². The molecule has 5 nitrogen and oxygen atoms in total. The Labute approximate surface area is 116 Å². The van der Waals surface area contributed by atoms with Gasteiger partial charge in [0.2, 0.25) is 5.91 Å². The number of carbonyl (C=O) groups is 2. The van der Waals surface area contributed by atoms with Crippen LogP contribution in [-0.4, -0.2) is 30.9 Å². The van der Waals surface area contributed by atoms with Crippen LogP contribution in [0.3, 0.4) is 0 Å². The summed E-state index contributed by atoms with van der Waals surface area (Å²) in [6.07, 6.45) is 1.66. The zero-order valence-corrected chi connectivity index (χ0v) is 11.3. The molecule has 0 atom stereocenters. The van der Waals surface area contributed by atoms with Gasteiger partial charge < -0.3 is 16.0 Å². The fourth-order valence-corrected chi connectivity index (χ4v) is 2.21. The second-order valence-corrected chi connectivity index (χ2v) is 4.87. The molecule has 0 saturated carbocycles. The first-order valence-electron chi connectivity index (χ1n) is 6.65. The maximum atomic E-state index is 13.7. The predicted molar refractivity (Wildman–Crippen MR) is 74.1 cm³/mol. The SMILES string of the molecule is CC(=O)Nc1ccc(F)c(C(=O)NC2CCNCC2)c1. The summed E-state index contributed by atoms with van der Waals surface area (Å²) >= 11 is 0. The molecule has 1 aliphatic rings. The molecule has 0 aromatic heterocycles. The standard InChI is InChI=1S/C14H18FN3O2/c1-9(19)17-11-2-3-13(15)12(8-11)14(20)18-10-4-6-16-7-5-10/h2-3,8,10,16H,4-7H2,1H3,(H,17,19)(H,18,20). The van der Waals surface area contributed by atoms with E-state index in [2.05, 4.69) is 16.0 Å². The summed E-state index contributed by atoms with van der Waals surface area (Å²) in [6.45, 7) is 3.05. The maximum Gasteiger partial charge on any atom is 0.254 e. The number of rotatable bonds is 3. The topological polar surface area (TPSA) is 70.2 Å². The molecule has 6 heteroatoms. The molecule has 1 heterocycles. The van der Waals surface area contributed by atoms with Gasteiger partial charge in [0, 0.05) is 18.7 Å². The molecule has 1 aliphatic heterocycles. The highest BCUT2D eigenvalue weighted by Gasteiger charge is 2.19. The molecule has 3 N–H and O–H groups in total. The van der Waals surface area contributed by atoms with E-state index >= 15 is 0 Å². The highest BCUT2D eigenvalue weighted by atomic mass is 19.1. The zero-order chi connectivity index (χ0) is 14.5. The predicted octanol–water partition coefficient (Wildman–Crippen LogP) is 1.27. The first-order chi connectivity index (χ1) is 9.56. The molecule has 0 radical (unpaired) electrons. The van der Waals surface area contributed by atoms with Crippen LogP contribution in [0.1, 0.15) is 30.1 Å². The van der Waals surface area contributed by atoms with Crippen LogP contribution >= 0.6 is 0 Å². The van der Waals surface area contributed by atoms with Crippen LogP contribution in [0, 0.1) is 5.82 Å². The summed E-state index contributed by atoms with van der Waals surface area (Å²) < 4.78 is 13.7. The van der Waals surface area contributed by atoms with Gasteiger partial charge in [0.1, 0.15) is 5.82 Å². The van der Waals surface area contributed by atoms with Gasteiger partial charge in [-0.1, -0.05) is 0 Å². The number of hydrogen-bond acceptors (Lipinski definition) is 3. The van der Waals surface area contributed by atoms with Gasteiger partial charge in [-0.3, -0.25) is 9.59 Å². The van der Waals surface area contributed by atoms with Crippen molar-refractivity contribution in [2.75, 3.05) is 18.4 Å². The molecular weight excluding hydrogens is 261 g/mol. The van der Waals surface area contributed by atoms with Crippen molar-refractivity contribution in [2.45, 2.75) is 25.8 Å². The average Bonchev–Trinajstić information content (AvgIpc) is 2.41. The molecule has 0 spiro atoms. The third-order valence-electron chi connectivity index (χ3n) is 3.21. The highest BCUT2D eigenvalue weighted by Crippen LogP contribution is 2.15.